The molecule has 0 spiro atoms. The average molecular weight is 294 g/mol. The largest absolute Gasteiger partial charge is 0.312 e. The van der Waals surface area contributed by atoms with E-state index in [0.29, 0.717) is 6.42 Å². The Kier molecular flexibility index (Phi) is 3.67. The van der Waals surface area contributed by atoms with Crippen LogP contribution in [0.5, 0.6) is 0 Å². The Morgan fingerprint density at radius 2 is 2.18 bits per heavy atom. The maximum atomic E-state index is 11.9. The van der Waals surface area contributed by atoms with E-state index in [1.54, 1.807) is 0 Å². The zero-order valence-electron chi connectivity index (χ0n) is 10.2. The van der Waals surface area contributed by atoms with Crippen LogP contribution >= 0.6 is 15.9 Å². The van der Waals surface area contributed by atoms with E-state index in [9.17, 15) is 4.79 Å². The van der Waals surface area contributed by atoms with Crippen LogP contribution in [-0.2, 0) is 4.79 Å². The predicted octanol–water partition coefficient (Wildman–Crippen LogP) is 3.74. The van der Waals surface area contributed by atoms with Gasteiger partial charge in [-0.25, -0.2) is 0 Å². The van der Waals surface area contributed by atoms with Crippen LogP contribution in [0.2, 0.25) is 0 Å². The zero-order valence-corrected chi connectivity index (χ0v) is 11.8. The van der Waals surface area contributed by atoms with Crippen LogP contribution in [0.1, 0.15) is 30.9 Å². The van der Waals surface area contributed by atoms with Gasteiger partial charge in [0.2, 0.25) is 5.91 Å². The molecule has 1 amide bonds. The van der Waals surface area contributed by atoms with E-state index in [4.69, 9.17) is 0 Å². The molecule has 3 heteroatoms. The quantitative estimate of drug-likeness (QED) is 0.813. The number of benzene rings is 1. The molecule has 1 aliphatic heterocycles. The lowest BCUT2D eigenvalue weighted by Gasteiger charge is -2.28. The molecule has 0 fully saturated rings. The molecule has 0 saturated carbocycles. The summed E-state index contributed by atoms with van der Waals surface area (Å²) in [5.74, 6) is 0.229. The summed E-state index contributed by atoms with van der Waals surface area (Å²) in [7, 11) is 0. The second kappa shape index (κ2) is 5.05. The number of rotatable bonds is 2. The number of hydrogen-bond acceptors (Lipinski definition) is 1. The highest BCUT2D eigenvalue weighted by Gasteiger charge is 2.21. The fourth-order valence-electron chi connectivity index (χ4n) is 2.23. The second-order valence-corrected chi connectivity index (χ2v) is 5.14. The van der Waals surface area contributed by atoms with Gasteiger partial charge < -0.3 is 4.90 Å². The molecule has 0 aromatic heterocycles. The van der Waals surface area contributed by atoms with Gasteiger partial charge in [-0.05, 0) is 38.0 Å². The molecule has 2 rings (SSSR count). The van der Waals surface area contributed by atoms with Gasteiger partial charge in [-0.15, -0.1) is 0 Å². The molecule has 0 aliphatic carbocycles. The van der Waals surface area contributed by atoms with E-state index in [2.05, 4.69) is 41.1 Å². The van der Waals surface area contributed by atoms with Gasteiger partial charge in [-0.3, -0.25) is 4.79 Å². The van der Waals surface area contributed by atoms with Crippen molar-refractivity contribution in [2.75, 3.05) is 6.54 Å². The minimum atomic E-state index is 0.229. The molecule has 0 bridgehead atoms. The molecule has 0 radical (unpaired) electrons. The van der Waals surface area contributed by atoms with Gasteiger partial charge in [0.05, 0.1) is 0 Å². The van der Waals surface area contributed by atoms with E-state index >= 15 is 0 Å². The number of carbonyl (C=O) groups is 1. The molecular formula is C14H16BrNO. The van der Waals surface area contributed by atoms with E-state index in [-0.39, 0.29) is 5.91 Å². The van der Waals surface area contributed by atoms with Gasteiger partial charge in [-0.2, -0.15) is 0 Å². The van der Waals surface area contributed by atoms with Crippen molar-refractivity contribution in [3.63, 3.8) is 0 Å². The van der Waals surface area contributed by atoms with Crippen molar-refractivity contribution in [2.24, 2.45) is 0 Å². The van der Waals surface area contributed by atoms with E-state index < -0.39 is 0 Å². The van der Waals surface area contributed by atoms with Crippen LogP contribution in [0.15, 0.2) is 28.7 Å². The van der Waals surface area contributed by atoms with Crippen molar-refractivity contribution in [3.8, 4) is 0 Å². The summed E-state index contributed by atoms with van der Waals surface area (Å²) in [6.07, 6.45) is 3.65. The predicted molar refractivity (Wildman–Crippen MR) is 73.5 cm³/mol. The van der Waals surface area contributed by atoms with Crippen LogP contribution in [0.4, 0.5) is 0 Å². The number of amides is 1. The van der Waals surface area contributed by atoms with Gasteiger partial charge in [0, 0.05) is 28.7 Å². The highest BCUT2D eigenvalue weighted by molar-refractivity contribution is 9.10. The molecule has 2 nitrogen and oxygen atoms in total. The number of aryl methyl sites for hydroxylation is 1. The number of carbonyl (C=O) groups excluding carboxylic acids is 1. The molecule has 0 atom stereocenters. The van der Waals surface area contributed by atoms with Crippen LogP contribution in [0.3, 0.4) is 0 Å². The normalized spacial score (nSPS) is 16.1. The van der Waals surface area contributed by atoms with Crippen molar-refractivity contribution >= 4 is 27.5 Å². The fourth-order valence-corrected chi connectivity index (χ4v) is 2.70. The van der Waals surface area contributed by atoms with Crippen molar-refractivity contribution in [1.82, 2.24) is 4.90 Å². The Morgan fingerprint density at radius 1 is 1.41 bits per heavy atom. The Labute approximate surface area is 110 Å². The van der Waals surface area contributed by atoms with Gasteiger partial charge in [0.15, 0.2) is 0 Å². The first-order chi connectivity index (χ1) is 8.13. The van der Waals surface area contributed by atoms with Crippen LogP contribution in [-0.4, -0.2) is 17.4 Å². The standard InChI is InChI=1S/C14H16BrNO/c1-3-16-13(5-4-6-14(16)17)12-8-7-11(15)9-10(12)2/h5,7-9H,3-4,6H2,1-2H3. The molecule has 1 aromatic rings. The Hall–Kier alpha value is -1.09. The van der Waals surface area contributed by atoms with E-state index in [0.717, 1.165) is 28.7 Å². The fraction of sp³-hybridized carbons (Fsp3) is 0.357. The summed E-state index contributed by atoms with van der Waals surface area (Å²) >= 11 is 3.46. The monoisotopic (exact) mass is 293 g/mol. The highest BCUT2D eigenvalue weighted by atomic mass is 79.9. The Bertz CT molecular complexity index is 479. The average Bonchev–Trinajstić information content (AvgIpc) is 2.29. The third kappa shape index (κ3) is 2.44. The first-order valence-electron chi connectivity index (χ1n) is 5.90. The minimum absolute atomic E-state index is 0.229. The first-order valence-corrected chi connectivity index (χ1v) is 6.70. The van der Waals surface area contributed by atoms with Gasteiger partial charge in [0.1, 0.15) is 0 Å². The molecule has 90 valence electrons. The molecular weight excluding hydrogens is 278 g/mol. The molecule has 1 heterocycles. The summed E-state index contributed by atoms with van der Waals surface area (Å²) < 4.78 is 1.07. The van der Waals surface area contributed by atoms with Crippen LogP contribution in [0, 0.1) is 6.92 Å². The van der Waals surface area contributed by atoms with E-state index in [1.807, 2.05) is 17.9 Å². The topological polar surface area (TPSA) is 20.3 Å². The summed E-state index contributed by atoms with van der Waals surface area (Å²) in [4.78, 5) is 13.7. The Morgan fingerprint density at radius 3 is 2.82 bits per heavy atom. The second-order valence-electron chi connectivity index (χ2n) is 4.23. The summed E-state index contributed by atoms with van der Waals surface area (Å²) in [6.45, 7) is 4.83. The van der Waals surface area contributed by atoms with Crippen molar-refractivity contribution in [1.29, 1.82) is 0 Å². The smallest absolute Gasteiger partial charge is 0.227 e. The molecule has 1 aromatic carbocycles. The minimum Gasteiger partial charge on any atom is -0.312 e. The first kappa shape index (κ1) is 12.4. The number of hydrogen-bond donors (Lipinski definition) is 0. The third-order valence-electron chi connectivity index (χ3n) is 3.07. The zero-order chi connectivity index (χ0) is 12.4. The molecule has 0 N–H and O–H groups in total. The van der Waals surface area contributed by atoms with Crippen molar-refractivity contribution < 1.29 is 4.79 Å². The lowest BCUT2D eigenvalue weighted by Crippen LogP contribution is -2.31. The van der Waals surface area contributed by atoms with Gasteiger partial charge in [-0.1, -0.05) is 28.1 Å². The van der Waals surface area contributed by atoms with Gasteiger partial charge in [0.25, 0.3) is 0 Å². The lowest BCUT2D eigenvalue weighted by atomic mass is 10.0. The molecule has 0 saturated heterocycles. The van der Waals surface area contributed by atoms with Crippen molar-refractivity contribution in [2.45, 2.75) is 26.7 Å². The SMILES string of the molecule is CCN1C(=O)CCC=C1c1ccc(Br)cc1C. The summed E-state index contributed by atoms with van der Waals surface area (Å²) in [5, 5.41) is 0. The molecule has 0 unspecified atom stereocenters. The maximum Gasteiger partial charge on any atom is 0.227 e. The van der Waals surface area contributed by atoms with E-state index in [1.165, 1.54) is 5.56 Å². The summed E-state index contributed by atoms with van der Waals surface area (Å²) in [5.41, 5.74) is 3.41. The Balaban J connectivity index is 2.44. The summed E-state index contributed by atoms with van der Waals surface area (Å²) in [6, 6.07) is 6.19. The third-order valence-corrected chi connectivity index (χ3v) is 3.56. The highest BCUT2D eigenvalue weighted by Crippen LogP contribution is 2.29. The molecule has 17 heavy (non-hydrogen) atoms. The molecule has 1 aliphatic rings. The number of halogens is 1. The number of nitrogens with zero attached hydrogens (tertiary/aromatic N) is 1. The van der Waals surface area contributed by atoms with Crippen molar-refractivity contribution in [3.05, 3.63) is 39.9 Å². The number of allylic oxidation sites excluding steroid dienone is 1. The lowest BCUT2D eigenvalue weighted by molar-refractivity contribution is -0.128. The van der Waals surface area contributed by atoms with Gasteiger partial charge >= 0.3 is 0 Å². The van der Waals surface area contributed by atoms with Crippen LogP contribution < -0.4 is 0 Å². The maximum absolute atomic E-state index is 11.9. The van der Waals surface area contributed by atoms with Crippen LogP contribution in [0.25, 0.3) is 5.70 Å².